The average Bonchev–Trinajstić information content (AvgIpc) is 3.15. The Morgan fingerprint density at radius 2 is 1.90 bits per heavy atom. The van der Waals surface area contributed by atoms with E-state index in [4.69, 9.17) is 13.9 Å². The molecule has 0 aliphatic heterocycles. The number of nitrogens with zero attached hydrogens (tertiary/aromatic N) is 1. The minimum Gasteiger partial charge on any atom is -0.493 e. The number of carbonyl (C=O) groups excluding carboxylic acids is 1. The third-order valence-electron chi connectivity index (χ3n) is 4.87. The van der Waals surface area contributed by atoms with Crippen molar-refractivity contribution in [2.24, 2.45) is 0 Å². The zero-order valence-electron chi connectivity index (χ0n) is 18.4. The van der Waals surface area contributed by atoms with Gasteiger partial charge in [-0.3, -0.25) is 4.79 Å². The Bertz CT molecular complexity index is 982. The van der Waals surface area contributed by atoms with Crippen LogP contribution >= 0.6 is 0 Å². The highest BCUT2D eigenvalue weighted by molar-refractivity contribution is 5.70. The number of carbonyl (C=O) groups is 1. The standard InChI is InChI=1S/C25H30N2O4/c1-4-26-23-17-21(13-11-19(23)12-14-24(28)29-5-2)30-16-15-22-18(3)31-25(27-22)20-9-7-6-8-10-20/h6-11,13,17,26H,4-5,12,14-16H2,1-3H3. The molecule has 3 rings (SSSR count). The summed E-state index contributed by atoms with van der Waals surface area (Å²) in [5, 5.41) is 3.35. The Balaban J connectivity index is 1.59. The van der Waals surface area contributed by atoms with E-state index in [0.717, 1.165) is 40.6 Å². The Labute approximate surface area is 183 Å². The highest BCUT2D eigenvalue weighted by atomic mass is 16.5. The molecule has 2 aromatic carbocycles. The molecule has 0 fully saturated rings. The molecule has 0 aliphatic rings. The Kier molecular flexibility index (Phi) is 8.10. The second-order valence-electron chi connectivity index (χ2n) is 7.14. The van der Waals surface area contributed by atoms with Gasteiger partial charge in [-0.2, -0.15) is 0 Å². The van der Waals surface area contributed by atoms with Gasteiger partial charge in [0.1, 0.15) is 11.5 Å². The number of rotatable bonds is 11. The summed E-state index contributed by atoms with van der Waals surface area (Å²) in [6.45, 7) is 7.48. The first-order valence-electron chi connectivity index (χ1n) is 10.8. The van der Waals surface area contributed by atoms with Crippen LogP contribution in [0.4, 0.5) is 5.69 Å². The minimum atomic E-state index is -0.178. The lowest BCUT2D eigenvalue weighted by atomic mass is 10.1. The summed E-state index contributed by atoms with van der Waals surface area (Å²) in [5.74, 6) is 2.04. The molecular weight excluding hydrogens is 392 g/mol. The van der Waals surface area contributed by atoms with Crippen molar-refractivity contribution in [1.29, 1.82) is 0 Å². The Morgan fingerprint density at radius 3 is 2.65 bits per heavy atom. The van der Waals surface area contributed by atoms with Crippen LogP contribution in [0, 0.1) is 6.92 Å². The van der Waals surface area contributed by atoms with E-state index in [2.05, 4.69) is 10.3 Å². The van der Waals surface area contributed by atoms with Gasteiger partial charge in [0.25, 0.3) is 0 Å². The lowest BCUT2D eigenvalue weighted by Gasteiger charge is -2.13. The molecule has 0 bridgehead atoms. The van der Waals surface area contributed by atoms with Crippen molar-refractivity contribution in [3.63, 3.8) is 0 Å². The van der Waals surface area contributed by atoms with Crippen molar-refractivity contribution in [2.75, 3.05) is 25.1 Å². The molecule has 3 aromatic rings. The van der Waals surface area contributed by atoms with Gasteiger partial charge < -0.3 is 19.2 Å². The number of aryl methyl sites for hydroxylation is 2. The van der Waals surface area contributed by atoms with Crippen LogP contribution in [0.25, 0.3) is 11.5 Å². The second kappa shape index (κ2) is 11.2. The van der Waals surface area contributed by atoms with Gasteiger partial charge in [0.05, 0.1) is 18.9 Å². The fraction of sp³-hybridized carbons (Fsp3) is 0.360. The van der Waals surface area contributed by atoms with Gasteiger partial charge in [-0.25, -0.2) is 4.98 Å². The lowest BCUT2D eigenvalue weighted by molar-refractivity contribution is -0.143. The fourth-order valence-electron chi connectivity index (χ4n) is 3.32. The summed E-state index contributed by atoms with van der Waals surface area (Å²) >= 11 is 0. The molecule has 6 heteroatoms. The highest BCUT2D eigenvalue weighted by Crippen LogP contribution is 2.25. The van der Waals surface area contributed by atoms with Crippen molar-refractivity contribution in [3.05, 3.63) is 65.5 Å². The van der Waals surface area contributed by atoms with E-state index in [1.165, 1.54) is 0 Å². The highest BCUT2D eigenvalue weighted by Gasteiger charge is 2.12. The topological polar surface area (TPSA) is 73.6 Å². The number of oxazole rings is 1. The van der Waals surface area contributed by atoms with E-state index in [1.807, 2.05) is 69.3 Å². The Morgan fingerprint density at radius 1 is 1.10 bits per heavy atom. The molecule has 1 heterocycles. The van der Waals surface area contributed by atoms with Gasteiger partial charge >= 0.3 is 5.97 Å². The summed E-state index contributed by atoms with van der Waals surface area (Å²) in [6, 6.07) is 15.8. The molecule has 164 valence electrons. The number of benzene rings is 2. The van der Waals surface area contributed by atoms with Crippen molar-refractivity contribution in [3.8, 4) is 17.2 Å². The minimum absolute atomic E-state index is 0.178. The molecule has 0 saturated carbocycles. The number of hydrogen-bond acceptors (Lipinski definition) is 6. The van der Waals surface area contributed by atoms with E-state index >= 15 is 0 Å². The van der Waals surface area contributed by atoms with E-state index in [9.17, 15) is 4.79 Å². The number of hydrogen-bond donors (Lipinski definition) is 1. The number of ether oxygens (including phenoxy) is 2. The van der Waals surface area contributed by atoms with E-state index in [1.54, 1.807) is 0 Å². The molecule has 1 N–H and O–H groups in total. The number of esters is 1. The van der Waals surface area contributed by atoms with Gasteiger partial charge in [0, 0.05) is 36.7 Å². The van der Waals surface area contributed by atoms with Gasteiger partial charge in [0.15, 0.2) is 0 Å². The third-order valence-corrected chi connectivity index (χ3v) is 4.87. The molecule has 6 nitrogen and oxygen atoms in total. The van der Waals surface area contributed by atoms with E-state index in [0.29, 0.717) is 38.4 Å². The lowest BCUT2D eigenvalue weighted by Crippen LogP contribution is -2.08. The first-order valence-corrected chi connectivity index (χ1v) is 10.8. The maximum atomic E-state index is 11.7. The van der Waals surface area contributed by atoms with Gasteiger partial charge in [-0.05, 0) is 51.0 Å². The molecule has 0 amide bonds. The maximum absolute atomic E-state index is 11.7. The van der Waals surface area contributed by atoms with Crippen LogP contribution < -0.4 is 10.1 Å². The smallest absolute Gasteiger partial charge is 0.306 e. The molecule has 0 aliphatic carbocycles. The molecule has 0 unspecified atom stereocenters. The largest absolute Gasteiger partial charge is 0.493 e. The molecule has 0 atom stereocenters. The molecule has 0 spiro atoms. The maximum Gasteiger partial charge on any atom is 0.306 e. The van der Waals surface area contributed by atoms with Crippen LogP contribution in [0.3, 0.4) is 0 Å². The van der Waals surface area contributed by atoms with Gasteiger partial charge in [-0.1, -0.05) is 24.3 Å². The third kappa shape index (κ3) is 6.35. The predicted octanol–water partition coefficient (Wildman–Crippen LogP) is 5.20. The average molecular weight is 423 g/mol. The van der Waals surface area contributed by atoms with Crippen LogP contribution in [0.5, 0.6) is 5.75 Å². The van der Waals surface area contributed by atoms with Crippen molar-refractivity contribution < 1.29 is 18.7 Å². The second-order valence-corrected chi connectivity index (χ2v) is 7.14. The van der Waals surface area contributed by atoms with Crippen LogP contribution in [-0.2, 0) is 22.4 Å². The van der Waals surface area contributed by atoms with Crippen LogP contribution in [0.1, 0.15) is 37.3 Å². The summed E-state index contributed by atoms with van der Waals surface area (Å²) in [4.78, 5) is 16.3. The first-order chi connectivity index (χ1) is 15.1. The quantitative estimate of drug-likeness (QED) is 0.428. The van der Waals surface area contributed by atoms with Crippen LogP contribution in [0.15, 0.2) is 52.9 Å². The van der Waals surface area contributed by atoms with Crippen LogP contribution in [-0.4, -0.2) is 30.7 Å². The van der Waals surface area contributed by atoms with Gasteiger partial charge in [-0.15, -0.1) is 0 Å². The van der Waals surface area contributed by atoms with Crippen molar-refractivity contribution in [1.82, 2.24) is 4.98 Å². The fourth-order valence-corrected chi connectivity index (χ4v) is 3.32. The summed E-state index contributed by atoms with van der Waals surface area (Å²) < 4.78 is 16.8. The summed E-state index contributed by atoms with van der Waals surface area (Å²) in [7, 11) is 0. The SMILES string of the molecule is CCNc1cc(OCCc2nc(-c3ccccc3)oc2C)ccc1CCC(=O)OCC. The molecule has 1 aromatic heterocycles. The zero-order valence-corrected chi connectivity index (χ0v) is 18.4. The van der Waals surface area contributed by atoms with Crippen molar-refractivity contribution in [2.45, 2.75) is 40.0 Å². The normalized spacial score (nSPS) is 10.7. The zero-order chi connectivity index (χ0) is 22.1. The van der Waals surface area contributed by atoms with Gasteiger partial charge in [0.2, 0.25) is 5.89 Å². The van der Waals surface area contributed by atoms with E-state index < -0.39 is 0 Å². The Hall–Kier alpha value is -3.28. The van der Waals surface area contributed by atoms with Crippen molar-refractivity contribution >= 4 is 11.7 Å². The monoisotopic (exact) mass is 422 g/mol. The number of anilines is 1. The molecule has 0 saturated heterocycles. The first kappa shape index (κ1) is 22.4. The molecule has 31 heavy (non-hydrogen) atoms. The number of nitrogens with one attached hydrogen (secondary N) is 1. The van der Waals surface area contributed by atoms with Crippen LogP contribution in [0.2, 0.25) is 0 Å². The predicted molar refractivity (Wildman–Crippen MR) is 121 cm³/mol. The number of aromatic nitrogens is 1. The summed E-state index contributed by atoms with van der Waals surface area (Å²) in [5.41, 5.74) is 3.92. The van der Waals surface area contributed by atoms with E-state index in [-0.39, 0.29) is 5.97 Å². The molecule has 0 radical (unpaired) electrons. The summed E-state index contributed by atoms with van der Waals surface area (Å²) in [6.07, 6.45) is 1.65. The molecular formula is C25H30N2O4.